The molecule has 0 spiro atoms. The van der Waals surface area contributed by atoms with Crippen LogP contribution in [0.1, 0.15) is 44.9 Å². The van der Waals surface area contributed by atoms with Crippen molar-refractivity contribution in [1.82, 2.24) is 4.90 Å². The van der Waals surface area contributed by atoms with Crippen LogP contribution in [-0.4, -0.2) is 42.6 Å². The van der Waals surface area contributed by atoms with Crippen LogP contribution in [0.15, 0.2) is 0 Å². The molecule has 0 aliphatic heterocycles. The zero-order valence-corrected chi connectivity index (χ0v) is 10.7. The molecule has 0 aromatic heterocycles. The molecule has 2 unspecified atom stereocenters. The first-order valence-corrected chi connectivity index (χ1v) is 6.81. The molecular weight excluding hydrogens is 216 g/mol. The second kappa shape index (κ2) is 5.83. The van der Waals surface area contributed by atoms with Crippen molar-refractivity contribution >= 4 is 5.91 Å². The van der Waals surface area contributed by atoms with Gasteiger partial charge in [0.05, 0.1) is 6.10 Å². The van der Waals surface area contributed by atoms with E-state index in [-0.39, 0.29) is 24.7 Å². The largest absolute Gasteiger partial charge is 0.367 e. The highest BCUT2D eigenvalue weighted by atomic mass is 16.5. The summed E-state index contributed by atoms with van der Waals surface area (Å²) in [6, 6.07) is 0.574. The van der Waals surface area contributed by atoms with Gasteiger partial charge in [-0.15, -0.1) is 0 Å². The molecule has 4 heteroatoms. The zero-order chi connectivity index (χ0) is 12.3. The molecule has 98 valence electrons. The number of nitrogens with zero attached hydrogens (tertiary/aromatic N) is 1. The molecule has 0 aromatic carbocycles. The van der Waals surface area contributed by atoms with Gasteiger partial charge in [-0.2, -0.15) is 0 Å². The first-order chi connectivity index (χ1) is 8.18. The molecule has 2 aliphatic carbocycles. The molecule has 0 heterocycles. The lowest BCUT2D eigenvalue weighted by Gasteiger charge is -2.23. The highest BCUT2D eigenvalue weighted by Crippen LogP contribution is 2.25. The summed E-state index contributed by atoms with van der Waals surface area (Å²) >= 11 is 0. The van der Waals surface area contributed by atoms with Crippen LogP contribution in [0.3, 0.4) is 0 Å². The molecule has 2 atom stereocenters. The summed E-state index contributed by atoms with van der Waals surface area (Å²) in [6.45, 7) is 0.200. The average Bonchev–Trinajstić information content (AvgIpc) is 3.13. The molecule has 0 aromatic rings. The molecule has 2 rings (SSSR count). The Hall–Kier alpha value is -0.610. The van der Waals surface area contributed by atoms with Crippen LogP contribution in [0.5, 0.6) is 0 Å². The molecule has 2 fully saturated rings. The minimum absolute atomic E-state index is 0.0778. The molecular formula is C13H24N2O2. The number of likely N-dealkylation sites (N-methyl/N-ethyl adjacent to an activating group) is 1. The number of carbonyl (C=O) groups is 1. The zero-order valence-electron chi connectivity index (χ0n) is 10.7. The molecule has 1 amide bonds. The van der Waals surface area contributed by atoms with E-state index in [1.54, 1.807) is 0 Å². The predicted octanol–water partition coefficient (Wildman–Crippen LogP) is 1.28. The Bertz CT molecular complexity index is 266. The van der Waals surface area contributed by atoms with Crippen LogP contribution in [0.25, 0.3) is 0 Å². The lowest BCUT2D eigenvalue weighted by atomic mass is 10.1. The standard InChI is InChI=1S/C13H24N2O2/c1-15(10-7-8-10)13(16)9-17-12-6-4-2-3-5-11(12)14/h10-12H,2-9,14H2,1H3. The highest BCUT2D eigenvalue weighted by Gasteiger charge is 2.30. The van der Waals surface area contributed by atoms with Crippen molar-refractivity contribution in [2.75, 3.05) is 13.7 Å². The molecule has 2 saturated carbocycles. The van der Waals surface area contributed by atoms with Crippen LogP contribution in [0.4, 0.5) is 0 Å². The van der Waals surface area contributed by atoms with E-state index in [2.05, 4.69) is 0 Å². The monoisotopic (exact) mass is 240 g/mol. The summed E-state index contributed by atoms with van der Waals surface area (Å²) in [6.07, 6.45) is 8.00. The molecule has 0 radical (unpaired) electrons. The predicted molar refractivity (Wildman–Crippen MR) is 66.6 cm³/mol. The van der Waals surface area contributed by atoms with Gasteiger partial charge in [0.25, 0.3) is 0 Å². The molecule has 17 heavy (non-hydrogen) atoms. The van der Waals surface area contributed by atoms with Crippen molar-refractivity contribution in [3.05, 3.63) is 0 Å². The summed E-state index contributed by atoms with van der Waals surface area (Å²) < 4.78 is 5.72. The van der Waals surface area contributed by atoms with Gasteiger partial charge in [0.1, 0.15) is 6.61 Å². The van der Waals surface area contributed by atoms with Gasteiger partial charge in [-0.1, -0.05) is 19.3 Å². The first kappa shape index (κ1) is 12.8. The summed E-state index contributed by atoms with van der Waals surface area (Å²) in [4.78, 5) is 13.6. The normalized spacial score (nSPS) is 29.8. The third kappa shape index (κ3) is 3.68. The van der Waals surface area contributed by atoms with Crippen LogP contribution >= 0.6 is 0 Å². The smallest absolute Gasteiger partial charge is 0.248 e. The maximum absolute atomic E-state index is 11.8. The van der Waals surface area contributed by atoms with E-state index in [1.165, 1.54) is 19.3 Å². The summed E-state index contributed by atoms with van der Waals surface area (Å²) in [5.41, 5.74) is 6.06. The van der Waals surface area contributed by atoms with Crippen LogP contribution < -0.4 is 5.73 Å². The summed E-state index contributed by atoms with van der Waals surface area (Å²) in [5.74, 6) is 0.101. The Morgan fingerprint density at radius 2 is 1.94 bits per heavy atom. The number of nitrogens with two attached hydrogens (primary N) is 1. The maximum atomic E-state index is 11.8. The number of carbonyl (C=O) groups excluding carboxylic acids is 1. The molecule has 2 N–H and O–H groups in total. The fraction of sp³-hybridized carbons (Fsp3) is 0.923. The van der Waals surface area contributed by atoms with E-state index in [4.69, 9.17) is 10.5 Å². The molecule has 4 nitrogen and oxygen atoms in total. The Kier molecular flexibility index (Phi) is 4.40. The highest BCUT2D eigenvalue weighted by molar-refractivity contribution is 5.77. The average molecular weight is 240 g/mol. The molecule has 2 aliphatic rings. The van der Waals surface area contributed by atoms with Gasteiger partial charge in [-0.05, 0) is 25.7 Å². The van der Waals surface area contributed by atoms with E-state index in [9.17, 15) is 4.79 Å². The fourth-order valence-electron chi connectivity index (χ4n) is 2.45. The van der Waals surface area contributed by atoms with Gasteiger partial charge < -0.3 is 15.4 Å². The van der Waals surface area contributed by atoms with Gasteiger partial charge in [0, 0.05) is 19.1 Å². The first-order valence-electron chi connectivity index (χ1n) is 6.81. The number of hydrogen-bond acceptors (Lipinski definition) is 3. The van der Waals surface area contributed by atoms with Gasteiger partial charge >= 0.3 is 0 Å². The Balaban J connectivity index is 1.73. The summed E-state index contributed by atoms with van der Waals surface area (Å²) in [5, 5.41) is 0. The third-order valence-electron chi connectivity index (χ3n) is 3.91. The minimum Gasteiger partial charge on any atom is -0.367 e. The number of hydrogen-bond donors (Lipinski definition) is 1. The van der Waals surface area contributed by atoms with Crippen LogP contribution in [0, 0.1) is 0 Å². The van der Waals surface area contributed by atoms with Gasteiger partial charge in [0.2, 0.25) is 5.91 Å². The third-order valence-corrected chi connectivity index (χ3v) is 3.91. The minimum atomic E-state index is 0.0778. The Morgan fingerprint density at radius 3 is 2.65 bits per heavy atom. The van der Waals surface area contributed by atoms with Gasteiger partial charge in [0.15, 0.2) is 0 Å². The van der Waals surface area contributed by atoms with Crippen molar-refractivity contribution in [2.24, 2.45) is 5.73 Å². The molecule has 0 bridgehead atoms. The van der Waals surface area contributed by atoms with Gasteiger partial charge in [-0.25, -0.2) is 0 Å². The number of amides is 1. The SMILES string of the molecule is CN(C(=O)COC1CCCCCC1N)C1CC1. The summed E-state index contributed by atoms with van der Waals surface area (Å²) in [7, 11) is 1.87. The lowest BCUT2D eigenvalue weighted by Crippen LogP contribution is -2.39. The van der Waals surface area contributed by atoms with E-state index in [0.717, 1.165) is 25.7 Å². The van der Waals surface area contributed by atoms with Crippen molar-refractivity contribution in [3.63, 3.8) is 0 Å². The van der Waals surface area contributed by atoms with Crippen molar-refractivity contribution in [3.8, 4) is 0 Å². The van der Waals surface area contributed by atoms with E-state index >= 15 is 0 Å². The van der Waals surface area contributed by atoms with Crippen molar-refractivity contribution in [1.29, 1.82) is 0 Å². The van der Waals surface area contributed by atoms with Crippen LogP contribution in [0.2, 0.25) is 0 Å². The van der Waals surface area contributed by atoms with Crippen molar-refractivity contribution in [2.45, 2.75) is 63.1 Å². The van der Waals surface area contributed by atoms with E-state index in [0.29, 0.717) is 6.04 Å². The number of ether oxygens (including phenoxy) is 1. The number of rotatable bonds is 4. The lowest BCUT2D eigenvalue weighted by molar-refractivity contribution is -0.137. The maximum Gasteiger partial charge on any atom is 0.248 e. The van der Waals surface area contributed by atoms with Crippen molar-refractivity contribution < 1.29 is 9.53 Å². The Labute approximate surface area is 103 Å². The second-order valence-electron chi connectivity index (χ2n) is 5.39. The Morgan fingerprint density at radius 1 is 1.24 bits per heavy atom. The quantitative estimate of drug-likeness (QED) is 0.753. The van der Waals surface area contributed by atoms with E-state index in [1.807, 2.05) is 11.9 Å². The molecule has 0 saturated heterocycles. The van der Waals surface area contributed by atoms with Crippen LogP contribution in [-0.2, 0) is 9.53 Å². The topological polar surface area (TPSA) is 55.6 Å². The van der Waals surface area contributed by atoms with E-state index < -0.39 is 0 Å². The fourth-order valence-corrected chi connectivity index (χ4v) is 2.45. The second-order valence-corrected chi connectivity index (χ2v) is 5.39. The van der Waals surface area contributed by atoms with Gasteiger partial charge in [-0.3, -0.25) is 4.79 Å².